The van der Waals surface area contributed by atoms with Crippen LogP contribution in [0, 0.1) is 12.7 Å². The Morgan fingerprint density at radius 3 is 2.64 bits per heavy atom. The van der Waals surface area contributed by atoms with Crippen molar-refractivity contribution in [1.82, 2.24) is 14.9 Å². The molecule has 2 aromatic heterocycles. The standard InChI is InChI=1S/C26H23FN4OS/c1-17-15-19(11-12-21(17)27)31-25(24(29-26(31)33)22-9-3-4-13-28-22)23-10-6-14-30(23)18-7-5-8-20(16-18)32-2/h3-16,24-25H,1-2H3,(H,29,33)/t24-,25+/m1/s1. The second-order valence-corrected chi connectivity index (χ2v) is 8.32. The van der Waals surface area contributed by atoms with E-state index in [1.165, 1.54) is 6.07 Å². The number of anilines is 1. The number of rotatable bonds is 5. The first-order chi connectivity index (χ1) is 16.1. The Labute approximate surface area is 197 Å². The third kappa shape index (κ3) is 3.85. The number of ether oxygens (including phenoxy) is 1. The largest absolute Gasteiger partial charge is 0.497 e. The van der Waals surface area contributed by atoms with Crippen LogP contribution in [0.2, 0.25) is 0 Å². The van der Waals surface area contributed by atoms with E-state index in [1.54, 1.807) is 26.3 Å². The fourth-order valence-electron chi connectivity index (χ4n) is 4.34. The molecule has 2 atom stereocenters. The lowest BCUT2D eigenvalue weighted by Crippen LogP contribution is -2.30. The van der Waals surface area contributed by atoms with Crippen LogP contribution in [0.3, 0.4) is 0 Å². The van der Waals surface area contributed by atoms with Crippen LogP contribution in [-0.4, -0.2) is 21.8 Å². The number of methoxy groups -OCH3 is 1. The summed E-state index contributed by atoms with van der Waals surface area (Å²) >= 11 is 5.79. The zero-order valence-electron chi connectivity index (χ0n) is 18.3. The molecule has 2 aromatic carbocycles. The first-order valence-electron chi connectivity index (χ1n) is 10.7. The van der Waals surface area contributed by atoms with E-state index in [1.807, 2.05) is 65.7 Å². The van der Waals surface area contributed by atoms with Crippen LogP contribution in [-0.2, 0) is 0 Å². The number of pyridine rings is 1. The number of halogens is 1. The average molecular weight is 459 g/mol. The lowest BCUT2D eigenvalue weighted by atomic mass is 10.0. The van der Waals surface area contributed by atoms with Gasteiger partial charge in [-0.25, -0.2) is 4.39 Å². The number of nitrogens with zero attached hydrogens (tertiary/aromatic N) is 3. The molecule has 0 saturated carbocycles. The molecular formula is C26H23FN4OS. The van der Waals surface area contributed by atoms with E-state index in [-0.39, 0.29) is 17.9 Å². The van der Waals surface area contributed by atoms with Gasteiger partial charge in [0, 0.05) is 35.5 Å². The molecule has 5 nitrogen and oxygen atoms in total. The van der Waals surface area contributed by atoms with E-state index in [9.17, 15) is 4.39 Å². The maximum atomic E-state index is 14.1. The van der Waals surface area contributed by atoms with Crippen molar-refractivity contribution in [2.75, 3.05) is 12.0 Å². The van der Waals surface area contributed by atoms with Gasteiger partial charge in [0.2, 0.25) is 0 Å². The number of thiocarbonyl (C=S) groups is 1. The molecule has 166 valence electrons. The molecule has 5 rings (SSSR count). The average Bonchev–Trinajstić information content (AvgIpc) is 3.46. The molecule has 33 heavy (non-hydrogen) atoms. The summed E-state index contributed by atoms with van der Waals surface area (Å²) in [5.74, 6) is 0.536. The highest BCUT2D eigenvalue weighted by Crippen LogP contribution is 2.42. The summed E-state index contributed by atoms with van der Waals surface area (Å²) in [7, 11) is 1.66. The molecular weight excluding hydrogens is 435 g/mol. The summed E-state index contributed by atoms with van der Waals surface area (Å²) in [6.07, 6.45) is 3.80. The van der Waals surface area contributed by atoms with Gasteiger partial charge in [-0.05, 0) is 79.3 Å². The summed E-state index contributed by atoms with van der Waals surface area (Å²) in [5, 5.41) is 4.03. The SMILES string of the molecule is COc1cccc(-n2cccc2[C@H]2[C@@H](c3ccccn3)NC(=S)N2c2ccc(F)c(C)c2)c1. The molecule has 0 bridgehead atoms. The Kier molecular flexibility index (Phi) is 5.56. The van der Waals surface area contributed by atoms with Crippen molar-refractivity contribution in [3.8, 4) is 11.4 Å². The predicted molar refractivity (Wildman–Crippen MR) is 131 cm³/mol. The highest BCUT2D eigenvalue weighted by molar-refractivity contribution is 7.80. The summed E-state index contributed by atoms with van der Waals surface area (Å²) in [5.41, 5.74) is 4.27. The minimum absolute atomic E-state index is 0.191. The Morgan fingerprint density at radius 2 is 1.88 bits per heavy atom. The Hall–Kier alpha value is -3.71. The molecule has 1 N–H and O–H groups in total. The molecule has 1 saturated heterocycles. The van der Waals surface area contributed by atoms with Crippen molar-refractivity contribution in [2.24, 2.45) is 0 Å². The van der Waals surface area contributed by atoms with Gasteiger partial charge in [-0.2, -0.15) is 0 Å². The molecule has 0 radical (unpaired) electrons. The highest BCUT2D eigenvalue weighted by Gasteiger charge is 2.42. The lowest BCUT2D eigenvalue weighted by molar-refractivity contribution is 0.414. The summed E-state index contributed by atoms with van der Waals surface area (Å²) in [6.45, 7) is 1.76. The van der Waals surface area contributed by atoms with Gasteiger partial charge in [-0.3, -0.25) is 4.98 Å². The van der Waals surface area contributed by atoms with E-state index < -0.39 is 0 Å². The zero-order valence-corrected chi connectivity index (χ0v) is 19.1. The van der Waals surface area contributed by atoms with Crippen molar-refractivity contribution >= 4 is 23.0 Å². The number of benzene rings is 2. The van der Waals surface area contributed by atoms with E-state index in [0.717, 1.165) is 28.5 Å². The van der Waals surface area contributed by atoms with E-state index >= 15 is 0 Å². The van der Waals surface area contributed by atoms with Crippen molar-refractivity contribution in [1.29, 1.82) is 0 Å². The van der Waals surface area contributed by atoms with Crippen molar-refractivity contribution in [2.45, 2.75) is 19.0 Å². The number of aromatic nitrogens is 2. The second kappa shape index (κ2) is 8.67. The Morgan fingerprint density at radius 1 is 1.00 bits per heavy atom. The molecule has 1 fully saturated rings. The minimum Gasteiger partial charge on any atom is -0.497 e. The van der Waals surface area contributed by atoms with Gasteiger partial charge in [0.25, 0.3) is 0 Å². The van der Waals surface area contributed by atoms with Gasteiger partial charge >= 0.3 is 0 Å². The smallest absolute Gasteiger partial charge is 0.174 e. The van der Waals surface area contributed by atoms with Gasteiger partial charge < -0.3 is 19.5 Å². The summed E-state index contributed by atoms with van der Waals surface area (Å²) in [4.78, 5) is 6.66. The van der Waals surface area contributed by atoms with Gasteiger partial charge in [0.05, 0.1) is 18.8 Å². The van der Waals surface area contributed by atoms with Crippen molar-refractivity contribution in [3.63, 3.8) is 0 Å². The third-order valence-corrected chi connectivity index (χ3v) is 6.25. The summed E-state index contributed by atoms with van der Waals surface area (Å²) in [6, 6.07) is 22.5. The molecule has 0 aliphatic carbocycles. The fourth-order valence-corrected chi connectivity index (χ4v) is 4.69. The van der Waals surface area contributed by atoms with E-state index in [0.29, 0.717) is 10.7 Å². The maximum Gasteiger partial charge on any atom is 0.174 e. The van der Waals surface area contributed by atoms with Crippen LogP contribution in [0.4, 0.5) is 10.1 Å². The van der Waals surface area contributed by atoms with Crippen LogP contribution < -0.4 is 15.0 Å². The number of hydrogen-bond acceptors (Lipinski definition) is 3. The van der Waals surface area contributed by atoms with Crippen LogP contribution in [0.1, 0.15) is 29.0 Å². The van der Waals surface area contributed by atoms with E-state index in [4.69, 9.17) is 17.0 Å². The van der Waals surface area contributed by atoms with Crippen molar-refractivity contribution in [3.05, 3.63) is 108 Å². The molecule has 1 aliphatic rings. The van der Waals surface area contributed by atoms with Gasteiger partial charge in [-0.1, -0.05) is 12.1 Å². The molecule has 0 spiro atoms. The fraction of sp³-hybridized carbons (Fsp3) is 0.154. The molecule has 4 aromatic rings. The number of aryl methyl sites for hydroxylation is 1. The predicted octanol–water partition coefficient (Wildman–Crippen LogP) is 5.51. The van der Waals surface area contributed by atoms with Crippen LogP contribution >= 0.6 is 12.2 Å². The highest BCUT2D eigenvalue weighted by atomic mass is 32.1. The first kappa shape index (κ1) is 21.2. The molecule has 0 amide bonds. The van der Waals surface area contributed by atoms with Crippen molar-refractivity contribution < 1.29 is 9.13 Å². The van der Waals surface area contributed by atoms with E-state index in [2.05, 4.69) is 20.9 Å². The number of nitrogens with one attached hydrogen (secondary N) is 1. The lowest BCUT2D eigenvalue weighted by Gasteiger charge is -2.29. The third-order valence-electron chi connectivity index (χ3n) is 5.93. The topological polar surface area (TPSA) is 42.3 Å². The van der Waals surface area contributed by atoms with Crippen LogP contribution in [0.15, 0.2) is 85.2 Å². The second-order valence-electron chi connectivity index (χ2n) is 7.93. The molecule has 1 aliphatic heterocycles. The molecule has 0 unspecified atom stereocenters. The molecule has 7 heteroatoms. The monoisotopic (exact) mass is 458 g/mol. The summed E-state index contributed by atoms with van der Waals surface area (Å²) < 4.78 is 21.6. The Bertz CT molecular complexity index is 1310. The van der Waals surface area contributed by atoms with Gasteiger partial charge in [0.15, 0.2) is 5.11 Å². The molecule has 3 heterocycles. The maximum absolute atomic E-state index is 14.1. The normalized spacial score (nSPS) is 17.8. The quantitative estimate of drug-likeness (QED) is 0.400. The Balaban J connectivity index is 1.67. The van der Waals surface area contributed by atoms with Gasteiger partial charge in [-0.15, -0.1) is 0 Å². The van der Waals surface area contributed by atoms with Crippen LogP contribution in [0.5, 0.6) is 5.75 Å². The number of hydrogen-bond donors (Lipinski definition) is 1. The zero-order chi connectivity index (χ0) is 22.9. The van der Waals surface area contributed by atoms with Gasteiger partial charge in [0.1, 0.15) is 17.6 Å². The minimum atomic E-state index is -0.241. The van der Waals surface area contributed by atoms with Crippen LogP contribution in [0.25, 0.3) is 5.69 Å². The first-order valence-corrected chi connectivity index (χ1v) is 11.1.